The number of urea groups is 1. The molecule has 0 aliphatic carbocycles. The molecule has 0 rings (SSSR count). The fourth-order valence-corrected chi connectivity index (χ4v) is 1.76. The van der Waals surface area contributed by atoms with Gasteiger partial charge in [-0.15, -0.1) is 0 Å². The number of hydrogen-bond donors (Lipinski definition) is 3. The number of nitrogens with zero attached hydrogens (tertiary/aromatic N) is 1. The van der Waals surface area contributed by atoms with Gasteiger partial charge in [0.25, 0.3) is 0 Å². The molecule has 0 fully saturated rings. The summed E-state index contributed by atoms with van der Waals surface area (Å²) in [4.78, 5) is 35.2. The second-order valence-corrected chi connectivity index (χ2v) is 4.44. The minimum Gasteiger partial charge on any atom is -0.480 e. The molecule has 0 saturated carbocycles. The molecule has 0 aromatic carbocycles. The number of aliphatic carboxylic acids is 1. The molecule has 0 aromatic rings. The molecular formula is C12H23N3O5. The number of methoxy groups -OCH3 is 1. The van der Waals surface area contributed by atoms with Crippen LogP contribution < -0.4 is 11.1 Å². The van der Waals surface area contributed by atoms with E-state index < -0.39 is 23.9 Å². The second-order valence-electron chi connectivity index (χ2n) is 4.44. The second kappa shape index (κ2) is 9.13. The molecule has 0 aromatic heterocycles. The first kappa shape index (κ1) is 18.2. The van der Waals surface area contributed by atoms with Crippen LogP contribution in [0.1, 0.15) is 26.7 Å². The molecule has 3 amide bonds. The Hall–Kier alpha value is -1.83. The maximum Gasteiger partial charge on any atom is 0.326 e. The van der Waals surface area contributed by atoms with Crippen molar-refractivity contribution in [2.75, 3.05) is 20.3 Å². The summed E-state index contributed by atoms with van der Waals surface area (Å²) in [5.74, 6) is -1.80. The predicted molar refractivity (Wildman–Crippen MR) is 72.1 cm³/mol. The van der Waals surface area contributed by atoms with Crippen LogP contribution in [-0.4, -0.2) is 60.3 Å². The molecule has 8 nitrogen and oxygen atoms in total. The van der Waals surface area contributed by atoms with Crippen molar-refractivity contribution in [3.8, 4) is 0 Å². The molecule has 0 aliphatic heterocycles. The molecule has 116 valence electrons. The van der Waals surface area contributed by atoms with Crippen molar-refractivity contribution in [3.05, 3.63) is 0 Å². The first-order valence-electron chi connectivity index (χ1n) is 6.40. The van der Waals surface area contributed by atoms with E-state index in [1.165, 1.54) is 12.0 Å². The number of amides is 3. The van der Waals surface area contributed by atoms with Gasteiger partial charge in [-0.05, 0) is 20.3 Å². The van der Waals surface area contributed by atoms with Crippen LogP contribution in [0.5, 0.6) is 0 Å². The lowest BCUT2D eigenvalue weighted by Gasteiger charge is -2.29. The minimum absolute atomic E-state index is 0.0351. The lowest BCUT2D eigenvalue weighted by atomic mass is 10.1. The van der Waals surface area contributed by atoms with Crippen LogP contribution in [0.4, 0.5) is 4.79 Å². The van der Waals surface area contributed by atoms with Gasteiger partial charge in [-0.2, -0.15) is 0 Å². The molecule has 0 heterocycles. The number of nitrogens with two attached hydrogens (primary N) is 1. The molecule has 0 radical (unpaired) electrons. The third-order valence-corrected chi connectivity index (χ3v) is 2.82. The van der Waals surface area contributed by atoms with Gasteiger partial charge < -0.3 is 25.8 Å². The zero-order valence-corrected chi connectivity index (χ0v) is 12.1. The molecule has 8 heteroatoms. The van der Waals surface area contributed by atoms with Crippen molar-refractivity contribution in [1.29, 1.82) is 0 Å². The number of carbonyl (C=O) groups is 3. The summed E-state index contributed by atoms with van der Waals surface area (Å²) < 4.78 is 4.97. The summed E-state index contributed by atoms with van der Waals surface area (Å²) in [7, 11) is 1.52. The van der Waals surface area contributed by atoms with E-state index in [4.69, 9.17) is 15.6 Å². The Kier molecular flexibility index (Phi) is 8.30. The SMILES string of the molecule is CCN(C(=O)N[C@H](CCC(N)=O)C(=O)O)C(C)COC. The predicted octanol–water partition coefficient (Wildman–Crippen LogP) is -0.228. The number of rotatable bonds is 9. The average molecular weight is 289 g/mol. The minimum atomic E-state index is -1.20. The van der Waals surface area contributed by atoms with Crippen molar-refractivity contribution >= 4 is 17.9 Å². The Morgan fingerprint density at radius 3 is 2.40 bits per heavy atom. The van der Waals surface area contributed by atoms with Crippen LogP contribution >= 0.6 is 0 Å². The molecule has 0 spiro atoms. The van der Waals surface area contributed by atoms with Crippen molar-refractivity contribution in [2.24, 2.45) is 5.73 Å². The maximum absolute atomic E-state index is 12.0. The fraction of sp³-hybridized carbons (Fsp3) is 0.750. The Morgan fingerprint density at radius 1 is 1.40 bits per heavy atom. The van der Waals surface area contributed by atoms with E-state index in [9.17, 15) is 14.4 Å². The number of carbonyl (C=O) groups excluding carboxylic acids is 2. The highest BCUT2D eigenvalue weighted by atomic mass is 16.5. The van der Waals surface area contributed by atoms with Crippen molar-refractivity contribution in [3.63, 3.8) is 0 Å². The number of carboxylic acid groups (broad SMARTS) is 1. The Morgan fingerprint density at radius 2 is 2.00 bits per heavy atom. The summed E-state index contributed by atoms with van der Waals surface area (Å²) in [5.41, 5.74) is 4.97. The molecule has 0 bridgehead atoms. The molecule has 2 atom stereocenters. The number of primary amides is 1. The van der Waals surface area contributed by atoms with Gasteiger partial charge in [0, 0.05) is 20.1 Å². The molecule has 20 heavy (non-hydrogen) atoms. The molecule has 0 aliphatic rings. The zero-order chi connectivity index (χ0) is 15.7. The first-order chi connectivity index (χ1) is 9.33. The van der Waals surface area contributed by atoms with Crippen LogP contribution in [-0.2, 0) is 14.3 Å². The van der Waals surface area contributed by atoms with Crippen LogP contribution in [0, 0.1) is 0 Å². The summed E-state index contributed by atoms with van der Waals surface area (Å²) >= 11 is 0. The normalized spacial score (nSPS) is 13.3. The number of nitrogens with one attached hydrogen (secondary N) is 1. The van der Waals surface area contributed by atoms with E-state index >= 15 is 0 Å². The van der Waals surface area contributed by atoms with Gasteiger partial charge in [0.1, 0.15) is 6.04 Å². The summed E-state index contributed by atoms with van der Waals surface area (Å²) in [6.07, 6.45) is -0.135. The van der Waals surface area contributed by atoms with E-state index in [1.54, 1.807) is 13.8 Å². The first-order valence-corrected chi connectivity index (χ1v) is 6.40. The number of hydrogen-bond acceptors (Lipinski definition) is 4. The van der Waals surface area contributed by atoms with Crippen LogP contribution in [0.15, 0.2) is 0 Å². The largest absolute Gasteiger partial charge is 0.480 e. The van der Waals surface area contributed by atoms with E-state index in [-0.39, 0.29) is 18.9 Å². The van der Waals surface area contributed by atoms with Crippen LogP contribution in [0.2, 0.25) is 0 Å². The third-order valence-electron chi connectivity index (χ3n) is 2.82. The zero-order valence-electron chi connectivity index (χ0n) is 12.1. The van der Waals surface area contributed by atoms with Crippen molar-refractivity contribution < 1.29 is 24.2 Å². The van der Waals surface area contributed by atoms with Gasteiger partial charge in [-0.1, -0.05) is 0 Å². The number of likely N-dealkylation sites (N-methyl/N-ethyl adjacent to an activating group) is 1. The van der Waals surface area contributed by atoms with Gasteiger partial charge in [-0.3, -0.25) is 4.79 Å². The highest BCUT2D eigenvalue weighted by molar-refractivity contribution is 5.83. The summed E-state index contributed by atoms with van der Waals surface area (Å²) in [6, 6.07) is -1.83. The number of carboxylic acids is 1. The fourth-order valence-electron chi connectivity index (χ4n) is 1.76. The lowest BCUT2D eigenvalue weighted by molar-refractivity contribution is -0.139. The highest BCUT2D eigenvalue weighted by Gasteiger charge is 2.25. The van der Waals surface area contributed by atoms with Gasteiger partial charge in [0.05, 0.1) is 12.6 Å². The van der Waals surface area contributed by atoms with E-state index in [0.29, 0.717) is 13.2 Å². The van der Waals surface area contributed by atoms with E-state index in [0.717, 1.165) is 0 Å². The topological polar surface area (TPSA) is 122 Å². The molecule has 0 saturated heterocycles. The van der Waals surface area contributed by atoms with E-state index in [2.05, 4.69) is 5.32 Å². The smallest absolute Gasteiger partial charge is 0.326 e. The molecule has 1 unspecified atom stereocenters. The third kappa shape index (κ3) is 6.37. The van der Waals surface area contributed by atoms with Gasteiger partial charge in [0.15, 0.2) is 0 Å². The Labute approximate surface area is 118 Å². The van der Waals surface area contributed by atoms with E-state index in [1.807, 2.05) is 0 Å². The van der Waals surface area contributed by atoms with Gasteiger partial charge in [-0.25, -0.2) is 9.59 Å². The van der Waals surface area contributed by atoms with Gasteiger partial charge in [0.2, 0.25) is 5.91 Å². The van der Waals surface area contributed by atoms with Crippen molar-refractivity contribution in [2.45, 2.75) is 38.8 Å². The van der Waals surface area contributed by atoms with Crippen molar-refractivity contribution in [1.82, 2.24) is 10.2 Å². The van der Waals surface area contributed by atoms with Gasteiger partial charge >= 0.3 is 12.0 Å². The highest BCUT2D eigenvalue weighted by Crippen LogP contribution is 2.03. The monoisotopic (exact) mass is 289 g/mol. The maximum atomic E-state index is 12.0. The Balaban J connectivity index is 4.63. The average Bonchev–Trinajstić information content (AvgIpc) is 2.34. The number of ether oxygens (including phenoxy) is 1. The van der Waals surface area contributed by atoms with Crippen LogP contribution in [0.25, 0.3) is 0 Å². The molecule has 4 N–H and O–H groups in total. The lowest BCUT2D eigenvalue weighted by Crippen LogP contribution is -2.51. The summed E-state index contributed by atoms with van der Waals surface area (Å²) in [6.45, 7) is 4.34. The van der Waals surface area contributed by atoms with Crippen LogP contribution in [0.3, 0.4) is 0 Å². The quantitative estimate of drug-likeness (QED) is 0.541. The molecular weight excluding hydrogens is 266 g/mol. The summed E-state index contributed by atoms with van der Waals surface area (Å²) in [5, 5.41) is 11.4. The standard InChI is InChI=1S/C12H23N3O5/c1-4-15(8(2)7-20-3)12(19)14-9(11(17)18)5-6-10(13)16/h8-9H,4-7H2,1-3H3,(H2,13,16)(H,14,19)(H,17,18)/t8?,9-/m1/s1. The Bertz CT molecular complexity index is 348.